The van der Waals surface area contributed by atoms with Crippen LogP contribution in [0.1, 0.15) is 16.7 Å². The Kier molecular flexibility index (Phi) is 3.85. The zero-order valence-electron chi connectivity index (χ0n) is 12.6. The smallest absolute Gasteiger partial charge is 0.250 e. The Balaban J connectivity index is 2.20. The number of hydrogen-bond donors (Lipinski definition) is 0. The Labute approximate surface area is 128 Å². The maximum atomic E-state index is 13.3. The third-order valence-corrected chi connectivity index (χ3v) is 4.05. The van der Waals surface area contributed by atoms with E-state index in [9.17, 15) is 9.18 Å². The standard InChI is InChI=1S/C17H18FNO3/c1-12-10-19(2)16(20)9-15(12)17(11-21-7-8-22-17)13-3-5-14(18)6-4-13/h3-6,9-10H,7-8,11H2,1-2H3. The molecule has 1 aliphatic rings. The second kappa shape index (κ2) is 5.66. The number of hydrogen-bond acceptors (Lipinski definition) is 3. The van der Waals surface area contributed by atoms with Gasteiger partial charge in [-0.15, -0.1) is 0 Å². The Hall–Kier alpha value is -1.98. The number of benzene rings is 1. The minimum Gasteiger partial charge on any atom is -0.375 e. The molecule has 0 spiro atoms. The Morgan fingerprint density at radius 1 is 1.23 bits per heavy atom. The number of rotatable bonds is 2. The molecule has 2 aromatic rings. The molecule has 116 valence electrons. The van der Waals surface area contributed by atoms with E-state index in [4.69, 9.17) is 9.47 Å². The number of pyridine rings is 1. The van der Waals surface area contributed by atoms with Crippen molar-refractivity contribution in [3.63, 3.8) is 0 Å². The number of halogens is 1. The first-order chi connectivity index (χ1) is 10.5. The van der Waals surface area contributed by atoms with Gasteiger partial charge in [0.2, 0.25) is 0 Å². The number of aromatic nitrogens is 1. The van der Waals surface area contributed by atoms with Crippen molar-refractivity contribution in [2.75, 3.05) is 19.8 Å². The number of ether oxygens (including phenoxy) is 2. The molecular weight excluding hydrogens is 285 g/mol. The summed E-state index contributed by atoms with van der Waals surface area (Å²) in [5.74, 6) is -0.309. The lowest BCUT2D eigenvalue weighted by Gasteiger charge is -2.38. The Bertz CT molecular complexity index is 731. The Morgan fingerprint density at radius 2 is 1.95 bits per heavy atom. The lowest BCUT2D eigenvalue weighted by Crippen LogP contribution is -2.43. The van der Waals surface area contributed by atoms with Gasteiger partial charge in [0, 0.05) is 24.9 Å². The largest absolute Gasteiger partial charge is 0.375 e. The first-order valence-corrected chi connectivity index (χ1v) is 7.18. The van der Waals surface area contributed by atoms with E-state index in [1.54, 1.807) is 31.4 Å². The molecule has 3 rings (SSSR count). The van der Waals surface area contributed by atoms with E-state index >= 15 is 0 Å². The highest BCUT2D eigenvalue weighted by atomic mass is 19.1. The van der Waals surface area contributed by atoms with E-state index in [1.165, 1.54) is 16.7 Å². The summed E-state index contributed by atoms with van der Waals surface area (Å²) in [4.78, 5) is 12.1. The summed E-state index contributed by atoms with van der Waals surface area (Å²) in [7, 11) is 1.71. The van der Waals surface area contributed by atoms with Crippen LogP contribution in [0.25, 0.3) is 0 Å². The molecule has 2 heterocycles. The van der Waals surface area contributed by atoms with Gasteiger partial charge < -0.3 is 14.0 Å². The summed E-state index contributed by atoms with van der Waals surface area (Å²) in [6.45, 7) is 3.16. The Morgan fingerprint density at radius 3 is 2.59 bits per heavy atom. The first kappa shape index (κ1) is 14.9. The lowest BCUT2D eigenvalue weighted by molar-refractivity contribution is -0.140. The molecule has 1 unspecified atom stereocenters. The van der Waals surface area contributed by atoms with Gasteiger partial charge >= 0.3 is 0 Å². The second-order valence-electron chi connectivity index (χ2n) is 5.55. The van der Waals surface area contributed by atoms with Crippen LogP contribution >= 0.6 is 0 Å². The molecule has 0 N–H and O–H groups in total. The molecule has 0 saturated carbocycles. The van der Waals surface area contributed by atoms with Crippen LogP contribution in [0.4, 0.5) is 4.39 Å². The van der Waals surface area contributed by atoms with Gasteiger partial charge in [0.25, 0.3) is 5.56 Å². The van der Waals surface area contributed by atoms with Crippen LogP contribution in [0.3, 0.4) is 0 Å². The summed E-state index contributed by atoms with van der Waals surface area (Å²) in [5.41, 5.74) is 1.49. The van der Waals surface area contributed by atoms with E-state index in [1.807, 2.05) is 6.92 Å². The molecule has 0 amide bonds. The SMILES string of the molecule is Cc1cn(C)c(=O)cc1C1(c2ccc(F)cc2)COCCO1. The molecule has 22 heavy (non-hydrogen) atoms. The van der Waals surface area contributed by atoms with Crippen LogP contribution in [0.2, 0.25) is 0 Å². The topological polar surface area (TPSA) is 40.5 Å². The molecule has 1 fully saturated rings. The first-order valence-electron chi connectivity index (χ1n) is 7.18. The van der Waals surface area contributed by atoms with Crippen LogP contribution in [0.15, 0.2) is 41.3 Å². The maximum absolute atomic E-state index is 13.3. The van der Waals surface area contributed by atoms with Gasteiger partial charge in [-0.3, -0.25) is 4.79 Å². The van der Waals surface area contributed by atoms with E-state index in [-0.39, 0.29) is 11.4 Å². The monoisotopic (exact) mass is 303 g/mol. The molecule has 4 nitrogen and oxygen atoms in total. The van der Waals surface area contributed by atoms with Crippen LogP contribution in [-0.2, 0) is 22.1 Å². The number of aryl methyl sites for hydroxylation is 2. The van der Waals surface area contributed by atoms with Gasteiger partial charge in [-0.05, 0) is 30.2 Å². The number of nitrogens with zero attached hydrogens (tertiary/aromatic N) is 1. The average Bonchev–Trinajstić information content (AvgIpc) is 2.52. The minimum atomic E-state index is -0.872. The molecule has 1 aromatic heterocycles. The summed E-state index contributed by atoms with van der Waals surface area (Å²) < 4.78 is 26.5. The third kappa shape index (κ3) is 2.46. The van der Waals surface area contributed by atoms with Crippen molar-refractivity contribution in [2.24, 2.45) is 7.05 Å². The highest BCUT2D eigenvalue weighted by molar-refractivity contribution is 5.40. The van der Waals surface area contributed by atoms with E-state index in [0.717, 1.165) is 16.7 Å². The molecule has 1 saturated heterocycles. The third-order valence-electron chi connectivity index (χ3n) is 4.05. The molecule has 1 atom stereocenters. The second-order valence-corrected chi connectivity index (χ2v) is 5.55. The summed E-state index contributed by atoms with van der Waals surface area (Å²) in [6, 6.07) is 7.73. The fraction of sp³-hybridized carbons (Fsp3) is 0.353. The van der Waals surface area contributed by atoms with Gasteiger partial charge in [-0.25, -0.2) is 4.39 Å². The zero-order chi connectivity index (χ0) is 15.7. The van der Waals surface area contributed by atoms with Crippen molar-refractivity contribution in [3.8, 4) is 0 Å². The van der Waals surface area contributed by atoms with Gasteiger partial charge in [0.05, 0.1) is 19.8 Å². The highest BCUT2D eigenvalue weighted by Crippen LogP contribution is 2.37. The highest BCUT2D eigenvalue weighted by Gasteiger charge is 2.39. The minimum absolute atomic E-state index is 0.115. The summed E-state index contributed by atoms with van der Waals surface area (Å²) >= 11 is 0. The van der Waals surface area contributed by atoms with E-state index in [0.29, 0.717) is 19.8 Å². The molecule has 0 aliphatic carbocycles. The van der Waals surface area contributed by atoms with Crippen molar-refractivity contribution in [3.05, 3.63) is 69.4 Å². The fourth-order valence-corrected chi connectivity index (χ4v) is 2.93. The molecule has 1 aliphatic heterocycles. The molecule has 1 aromatic carbocycles. The van der Waals surface area contributed by atoms with Crippen LogP contribution in [-0.4, -0.2) is 24.4 Å². The van der Waals surface area contributed by atoms with Crippen molar-refractivity contribution in [1.29, 1.82) is 0 Å². The molecule has 5 heteroatoms. The van der Waals surface area contributed by atoms with Gasteiger partial charge in [0.1, 0.15) is 11.4 Å². The van der Waals surface area contributed by atoms with Crippen LogP contribution in [0, 0.1) is 12.7 Å². The van der Waals surface area contributed by atoms with Crippen molar-refractivity contribution >= 4 is 0 Å². The van der Waals surface area contributed by atoms with Gasteiger partial charge in [-0.2, -0.15) is 0 Å². The normalized spacial score (nSPS) is 21.8. The molecule has 0 radical (unpaired) electrons. The predicted octanol–water partition coefficient (Wildman–Crippen LogP) is 2.12. The maximum Gasteiger partial charge on any atom is 0.250 e. The summed E-state index contributed by atoms with van der Waals surface area (Å²) in [6.07, 6.45) is 1.78. The lowest BCUT2D eigenvalue weighted by atomic mass is 9.84. The van der Waals surface area contributed by atoms with Crippen molar-refractivity contribution < 1.29 is 13.9 Å². The fourth-order valence-electron chi connectivity index (χ4n) is 2.93. The quantitative estimate of drug-likeness (QED) is 0.853. The average molecular weight is 303 g/mol. The van der Waals surface area contributed by atoms with Crippen molar-refractivity contribution in [1.82, 2.24) is 4.57 Å². The van der Waals surface area contributed by atoms with Gasteiger partial charge in [0.15, 0.2) is 0 Å². The van der Waals surface area contributed by atoms with Crippen molar-refractivity contribution in [2.45, 2.75) is 12.5 Å². The molecule has 0 bridgehead atoms. The van der Waals surface area contributed by atoms with E-state index in [2.05, 4.69) is 0 Å². The van der Waals surface area contributed by atoms with Gasteiger partial charge in [-0.1, -0.05) is 12.1 Å². The van der Waals surface area contributed by atoms with E-state index < -0.39 is 5.60 Å². The zero-order valence-corrected chi connectivity index (χ0v) is 12.6. The predicted molar refractivity (Wildman–Crippen MR) is 80.4 cm³/mol. The van der Waals surface area contributed by atoms with Crippen LogP contribution in [0.5, 0.6) is 0 Å². The summed E-state index contributed by atoms with van der Waals surface area (Å²) in [5, 5.41) is 0. The van der Waals surface area contributed by atoms with Crippen LogP contribution < -0.4 is 5.56 Å². The molecular formula is C17H18FNO3.